The van der Waals surface area contributed by atoms with E-state index in [1.165, 1.54) is 11.3 Å². The van der Waals surface area contributed by atoms with Gasteiger partial charge in [-0.25, -0.2) is 0 Å². The smallest absolute Gasteiger partial charge is 0.252 e. The van der Waals surface area contributed by atoms with Crippen molar-refractivity contribution in [3.05, 3.63) is 5.01 Å². The van der Waals surface area contributed by atoms with Crippen molar-refractivity contribution >= 4 is 22.4 Å². The zero-order valence-electron chi connectivity index (χ0n) is 9.36. The van der Waals surface area contributed by atoms with Crippen molar-refractivity contribution in [3.63, 3.8) is 0 Å². The fourth-order valence-corrected chi connectivity index (χ4v) is 1.61. The summed E-state index contributed by atoms with van der Waals surface area (Å²) in [7, 11) is 1.58. The number of hydrogen-bond acceptors (Lipinski definition) is 6. The van der Waals surface area contributed by atoms with E-state index >= 15 is 0 Å². The van der Waals surface area contributed by atoms with E-state index in [2.05, 4.69) is 15.5 Å². The molecule has 0 bridgehead atoms. The highest BCUT2D eigenvalue weighted by Crippen LogP contribution is 2.14. The van der Waals surface area contributed by atoms with Crippen molar-refractivity contribution in [2.24, 2.45) is 0 Å². The van der Waals surface area contributed by atoms with Gasteiger partial charge in [0.15, 0.2) is 0 Å². The number of ether oxygens (including phenoxy) is 2. The number of amides is 1. The van der Waals surface area contributed by atoms with E-state index < -0.39 is 0 Å². The molecule has 0 aliphatic rings. The van der Waals surface area contributed by atoms with Crippen molar-refractivity contribution in [1.82, 2.24) is 10.2 Å². The van der Waals surface area contributed by atoms with Gasteiger partial charge in [0.1, 0.15) is 11.6 Å². The molecule has 0 aliphatic carbocycles. The number of nitrogens with zero attached hydrogens (tertiary/aromatic N) is 2. The number of nitrogens with one attached hydrogen (secondary N) is 1. The Balaban J connectivity index is 2.23. The molecule has 0 spiro atoms. The Hall–Kier alpha value is -1.05. The lowest BCUT2D eigenvalue weighted by Gasteiger charge is -2.02. The third-order valence-electron chi connectivity index (χ3n) is 1.68. The lowest BCUT2D eigenvalue weighted by Crippen LogP contribution is -2.19. The average Bonchev–Trinajstić information content (AvgIpc) is 2.72. The summed E-state index contributed by atoms with van der Waals surface area (Å²) in [5.74, 6) is -0.227. The monoisotopic (exact) mass is 245 g/mol. The van der Waals surface area contributed by atoms with Crippen LogP contribution in [0, 0.1) is 0 Å². The predicted octanol–water partition coefficient (Wildman–Crippen LogP) is 0.702. The standard InChI is InChI=1S/C9H15N3O3S/c1-3-8-11-12-9(16-8)10-7(13)6-15-5-4-14-2/h3-6H2,1-2H3,(H,10,12,13). The van der Waals surface area contributed by atoms with Crippen molar-refractivity contribution in [2.45, 2.75) is 13.3 Å². The molecule has 6 nitrogen and oxygen atoms in total. The summed E-state index contributed by atoms with van der Waals surface area (Å²) < 4.78 is 9.84. The first kappa shape index (κ1) is 13.0. The molecule has 90 valence electrons. The summed E-state index contributed by atoms with van der Waals surface area (Å²) in [6.45, 7) is 2.87. The lowest BCUT2D eigenvalue weighted by molar-refractivity contribution is -0.121. The van der Waals surface area contributed by atoms with Gasteiger partial charge >= 0.3 is 0 Å². The van der Waals surface area contributed by atoms with Crippen LogP contribution in [0.1, 0.15) is 11.9 Å². The topological polar surface area (TPSA) is 73.3 Å². The van der Waals surface area contributed by atoms with Gasteiger partial charge < -0.3 is 9.47 Å². The van der Waals surface area contributed by atoms with E-state index in [9.17, 15) is 4.79 Å². The molecular weight excluding hydrogens is 230 g/mol. The van der Waals surface area contributed by atoms with Crippen molar-refractivity contribution in [2.75, 3.05) is 32.2 Å². The highest BCUT2D eigenvalue weighted by atomic mass is 32.1. The lowest BCUT2D eigenvalue weighted by atomic mass is 10.5. The normalized spacial score (nSPS) is 10.4. The van der Waals surface area contributed by atoms with Gasteiger partial charge in [0.25, 0.3) is 5.91 Å². The van der Waals surface area contributed by atoms with Crippen LogP contribution in [0.25, 0.3) is 0 Å². The second-order valence-electron chi connectivity index (χ2n) is 2.95. The molecular formula is C9H15N3O3S. The molecule has 1 aromatic rings. The summed E-state index contributed by atoms with van der Waals surface area (Å²) in [5, 5.41) is 11.7. The van der Waals surface area contributed by atoms with Crippen LogP contribution in [0.5, 0.6) is 0 Å². The fourth-order valence-electron chi connectivity index (χ4n) is 0.909. The number of carbonyl (C=O) groups excluding carboxylic acids is 1. The Bertz CT molecular complexity index is 330. The first-order valence-electron chi connectivity index (χ1n) is 4.95. The summed E-state index contributed by atoms with van der Waals surface area (Å²) in [6, 6.07) is 0. The summed E-state index contributed by atoms with van der Waals surface area (Å²) in [6.07, 6.45) is 0.817. The molecule has 0 fully saturated rings. The van der Waals surface area contributed by atoms with Crippen LogP contribution in [0.4, 0.5) is 5.13 Å². The Kier molecular flexibility index (Phi) is 5.91. The molecule has 0 radical (unpaired) electrons. The number of methoxy groups -OCH3 is 1. The SMILES string of the molecule is CCc1nnc(NC(=O)COCCOC)s1. The van der Waals surface area contributed by atoms with Crippen LogP contribution in [0.15, 0.2) is 0 Å². The van der Waals surface area contributed by atoms with Crippen LogP contribution in [0.3, 0.4) is 0 Å². The van der Waals surface area contributed by atoms with Gasteiger partial charge in [-0.05, 0) is 6.42 Å². The molecule has 7 heteroatoms. The summed E-state index contributed by atoms with van der Waals surface area (Å²) in [4.78, 5) is 11.3. The van der Waals surface area contributed by atoms with E-state index in [0.717, 1.165) is 11.4 Å². The quantitative estimate of drug-likeness (QED) is 0.716. The minimum absolute atomic E-state index is 0.00436. The van der Waals surface area contributed by atoms with Crippen molar-refractivity contribution in [1.29, 1.82) is 0 Å². The molecule has 1 amide bonds. The Morgan fingerprint density at radius 1 is 1.44 bits per heavy atom. The van der Waals surface area contributed by atoms with Crippen LogP contribution in [-0.4, -0.2) is 43.0 Å². The van der Waals surface area contributed by atoms with Gasteiger partial charge in [-0.2, -0.15) is 0 Å². The van der Waals surface area contributed by atoms with Crippen molar-refractivity contribution in [3.8, 4) is 0 Å². The number of rotatable bonds is 7. The maximum Gasteiger partial charge on any atom is 0.252 e. The molecule has 0 unspecified atom stereocenters. The number of anilines is 1. The Morgan fingerprint density at radius 2 is 2.25 bits per heavy atom. The Labute approximate surface area is 98.0 Å². The van der Waals surface area contributed by atoms with Gasteiger partial charge in [-0.1, -0.05) is 18.3 Å². The van der Waals surface area contributed by atoms with E-state index in [1.807, 2.05) is 6.92 Å². The maximum atomic E-state index is 11.3. The number of carbonyl (C=O) groups is 1. The first-order valence-corrected chi connectivity index (χ1v) is 5.76. The molecule has 1 rings (SSSR count). The fraction of sp³-hybridized carbons (Fsp3) is 0.667. The van der Waals surface area contributed by atoms with E-state index in [-0.39, 0.29) is 12.5 Å². The van der Waals surface area contributed by atoms with Crippen LogP contribution >= 0.6 is 11.3 Å². The van der Waals surface area contributed by atoms with Crippen molar-refractivity contribution < 1.29 is 14.3 Å². The molecule has 1 N–H and O–H groups in total. The largest absolute Gasteiger partial charge is 0.382 e. The van der Waals surface area contributed by atoms with Gasteiger partial charge in [0.05, 0.1) is 13.2 Å². The zero-order valence-corrected chi connectivity index (χ0v) is 10.2. The average molecular weight is 245 g/mol. The zero-order chi connectivity index (χ0) is 11.8. The third kappa shape index (κ3) is 4.65. The molecule has 0 atom stereocenters. The van der Waals surface area contributed by atoms with E-state index in [4.69, 9.17) is 9.47 Å². The predicted molar refractivity (Wildman–Crippen MR) is 60.6 cm³/mol. The highest BCUT2D eigenvalue weighted by molar-refractivity contribution is 7.15. The molecule has 16 heavy (non-hydrogen) atoms. The third-order valence-corrected chi connectivity index (χ3v) is 2.66. The number of hydrogen-bond donors (Lipinski definition) is 1. The molecule has 0 aliphatic heterocycles. The minimum Gasteiger partial charge on any atom is -0.382 e. The summed E-state index contributed by atoms with van der Waals surface area (Å²) in [5.41, 5.74) is 0. The van der Waals surface area contributed by atoms with Gasteiger partial charge in [0, 0.05) is 7.11 Å². The van der Waals surface area contributed by atoms with Crippen LogP contribution in [0.2, 0.25) is 0 Å². The maximum absolute atomic E-state index is 11.3. The molecule has 0 saturated heterocycles. The van der Waals surface area contributed by atoms with E-state index in [0.29, 0.717) is 18.3 Å². The van der Waals surface area contributed by atoms with E-state index in [1.54, 1.807) is 7.11 Å². The van der Waals surface area contributed by atoms with Gasteiger partial charge in [0.2, 0.25) is 5.13 Å². The Morgan fingerprint density at radius 3 is 2.88 bits per heavy atom. The second-order valence-corrected chi connectivity index (χ2v) is 4.01. The number of aromatic nitrogens is 2. The van der Waals surface area contributed by atoms with Gasteiger partial charge in [-0.3, -0.25) is 10.1 Å². The van der Waals surface area contributed by atoms with Crippen LogP contribution < -0.4 is 5.32 Å². The molecule has 0 saturated carbocycles. The molecule has 1 heterocycles. The summed E-state index contributed by atoms with van der Waals surface area (Å²) >= 11 is 1.37. The number of aryl methyl sites for hydroxylation is 1. The minimum atomic E-state index is -0.227. The first-order chi connectivity index (χ1) is 7.76. The van der Waals surface area contributed by atoms with Crippen LogP contribution in [-0.2, 0) is 20.7 Å². The van der Waals surface area contributed by atoms with Gasteiger partial charge in [-0.15, -0.1) is 10.2 Å². The molecule has 1 aromatic heterocycles. The second kappa shape index (κ2) is 7.26. The molecule has 0 aromatic carbocycles. The highest BCUT2D eigenvalue weighted by Gasteiger charge is 2.06.